The minimum Gasteiger partial charge on any atom is -0.396 e. The van der Waals surface area contributed by atoms with Crippen molar-refractivity contribution in [3.05, 3.63) is 12.2 Å². The zero-order valence-corrected chi connectivity index (χ0v) is 5.59. The van der Waals surface area contributed by atoms with Gasteiger partial charge in [-0.2, -0.15) is 0 Å². The smallest absolute Gasteiger partial charge is 0.0459 e. The summed E-state index contributed by atoms with van der Waals surface area (Å²) >= 11 is 0. The number of hydrogen-bond donors (Lipinski definition) is 1. The highest BCUT2D eigenvalue weighted by atomic mass is 16.3. The first-order valence-corrected chi connectivity index (χ1v) is 3.03. The first-order valence-electron chi connectivity index (χ1n) is 3.03. The van der Waals surface area contributed by atoms with Crippen molar-refractivity contribution in [2.45, 2.75) is 20.3 Å². The van der Waals surface area contributed by atoms with E-state index in [4.69, 9.17) is 5.11 Å². The molecule has 1 atom stereocenters. The molecular weight excluding hydrogens is 100 g/mol. The van der Waals surface area contributed by atoms with Crippen molar-refractivity contribution in [2.75, 3.05) is 6.61 Å². The molecule has 0 aliphatic heterocycles. The molecule has 0 aliphatic rings. The highest BCUT2D eigenvalue weighted by Gasteiger charge is 1.92. The van der Waals surface area contributed by atoms with Crippen LogP contribution in [0.15, 0.2) is 12.2 Å². The van der Waals surface area contributed by atoms with E-state index in [9.17, 15) is 0 Å². The lowest BCUT2D eigenvalue weighted by Crippen LogP contribution is -1.97. The van der Waals surface area contributed by atoms with Crippen LogP contribution in [0.2, 0.25) is 0 Å². The van der Waals surface area contributed by atoms with Gasteiger partial charge >= 0.3 is 0 Å². The molecular formula is C7H14O. The molecule has 0 aromatic heterocycles. The van der Waals surface area contributed by atoms with Crippen molar-refractivity contribution in [1.29, 1.82) is 0 Å². The summed E-state index contributed by atoms with van der Waals surface area (Å²) in [6.45, 7) is 4.31. The molecule has 0 heterocycles. The molecule has 0 saturated carbocycles. The Kier molecular flexibility index (Phi) is 4.67. The van der Waals surface area contributed by atoms with E-state index in [1.165, 1.54) is 0 Å². The maximum absolute atomic E-state index is 8.53. The maximum Gasteiger partial charge on any atom is 0.0459 e. The summed E-state index contributed by atoms with van der Waals surface area (Å²) in [5.74, 6) is 0.422. The molecule has 0 bridgehead atoms. The largest absolute Gasteiger partial charge is 0.396 e. The van der Waals surface area contributed by atoms with Crippen LogP contribution in [0.25, 0.3) is 0 Å². The molecule has 0 radical (unpaired) electrons. The van der Waals surface area contributed by atoms with E-state index >= 15 is 0 Å². The Labute approximate surface area is 51.0 Å². The second-order valence-electron chi connectivity index (χ2n) is 2.09. The van der Waals surface area contributed by atoms with Crippen molar-refractivity contribution in [2.24, 2.45) is 5.92 Å². The summed E-state index contributed by atoms with van der Waals surface area (Å²) in [7, 11) is 0. The van der Waals surface area contributed by atoms with Gasteiger partial charge in [0.05, 0.1) is 0 Å². The molecule has 0 unspecified atom stereocenters. The molecule has 0 fully saturated rings. The second kappa shape index (κ2) is 4.85. The van der Waals surface area contributed by atoms with E-state index in [0.29, 0.717) is 12.5 Å². The van der Waals surface area contributed by atoms with Crippen LogP contribution in [0.3, 0.4) is 0 Å². The van der Waals surface area contributed by atoms with Crippen LogP contribution in [0.1, 0.15) is 20.3 Å². The van der Waals surface area contributed by atoms with E-state index in [0.717, 1.165) is 6.42 Å². The van der Waals surface area contributed by atoms with Gasteiger partial charge in [-0.25, -0.2) is 0 Å². The van der Waals surface area contributed by atoms with Crippen molar-refractivity contribution < 1.29 is 5.11 Å². The summed E-state index contributed by atoms with van der Waals surface area (Å²) in [4.78, 5) is 0. The molecule has 8 heavy (non-hydrogen) atoms. The van der Waals surface area contributed by atoms with E-state index in [-0.39, 0.29) is 0 Å². The standard InChI is InChI=1S/C7H14O/c1-3-4-5-7(2)6-8/h3-4,7-8H,5-6H2,1-2H3/b4-3+/t7-/m0/s1. The van der Waals surface area contributed by atoms with E-state index in [1.54, 1.807) is 0 Å². The third kappa shape index (κ3) is 3.88. The van der Waals surface area contributed by atoms with Crippen LogP contribution in [0.5, 0.6) is 0 Å². The third-order valence-corrected chi connectivity index (χ3v) is 1.09. The van der Waals surface area contributed by atoms with E-state index < -0.39 is 0 Å². The minimum atomic E-state index is 0.296. The predicted molar refractivity (Wildman–Crippen MR) is 35.7 cm³/mol. The quantitative estimate of drug-likeness (QED) is 0.552. The molecule has 0 amide bonds. The van der Waals surface area contributed by atoms with Crippen LogP contribution >= 0.6 is 0 Å². The Bertz CT molecular complexity index is 66.8. The maximum atomic E-state index is 8.53. The van der Waals surface area contributed by atoms with Gasteiger partial charge in [-0.15, -0.1) is 0 Å². The number of allylic oxidation sites excluding steroid dienone is 2. The average Bonchev–Trinajstić information content (AvgIpc) is 1.83. The van der Waals surface area contributed by atoms with Gasteiger partial charge in [-0.05, 0) is 19.3 Å². The van der Waals surface area contributed by atoms with Crippen molar-refractivity contribution in [3.63, 3.8) is 0 Å². The molecule has 0 aromatic carbocycles. The van der Waals surface area contributed by atoms with Gasteiger partial charge in [0, 0.05) is 6.61 Å². The zero-order chi connectivity index (χ0) is 6.41. The Hall–Kier alpha value is -0.300. The van der Waals surface area contributed by atoms with Crippen LogP contribution in [-0.4, -0.2) is 11.7 Å². The van der Waals surface area contributed by atoms with Crippen molar-refractivity contribution >= 4 is 0 Å². The number of aliphatic hydroxyl groups excluding tert-OH is 1. The summed E-state index contributed by atoms with van der Waals surface area (Å²) in [5.41, 5.74) is 0. The molecule has 0 aromatic rings. The minimum absolute atomic E-state index is 0.296. The fourth-order valence-corrected chi connectivity index (χ4v) is 0.443. The highest BCUT2D eigenvalue weighted by molar-refractivity contribution is 4.78. The van der Waals surface area contributed by atoms with Gasteiger partial charge in [0.2, 0.25) is 0 Å². The number of rotatable bonds is 3. The lowest BCUT2D eigenvalue weighted by Gasteiger charge is -2.00. The Morgan fingerprint density at radius 3 is 2.62 bits per heavy atom. The fraction of sp³-hybridized carbons (Fsp3) is 0.714. The van der Waals surface area contributed by atoms with Gasteiger partial charge in [-0.1, -0.05) is 19.1 Å². The van der Waals surface area contributed by atoms with Crippen LogP contribution in [-0.2, 0) is 0 Å². The summed E-state index contributed by atoms with van der Waals surface area (Å²) in [6.07, 6.45) is 5.07. The summed E-state index contributed by atoms with van der Waals surface area (Å²) in [5, 5.41) is 8.53. The molecule has 1 N–H and O–H groups in total. The van der Waals surface area contributed by atoms with Gasteiger partial charge < -0.3 is 5.11 Å². The third-order valence-electron chi connectivity index (χ3n) is 1.09. The molecule has 1 nitrogen and oxygen atoms in total. The van der Waals surface area contributed by atoms with Crippen LogP contribution in [0, 0.1) is 5.92 Å². The Balaban J connectivity index is 3.10. The van der Waals surface area contributed by atoms with Gasteiger partial charge in [-0.3, -0.25) is 0 Å². The normalized spacial score (nSPS) is 14.9. The van der Waals surface area contributed by atoms with Crippen LogP contribution in [0.4, 0.5) is 0 Å². The first-order chi connectivity index (χ1) is 3.81. The molecule has 48 valence electrons. The summed E-state index contributed by atoms with van der Waals surface area (Å²) in [6, 6.07) is 0. The molecule has 0 rings (SSSR count). The fourth-order valence-electron chi connectivity index (χ4n) is 0.443. The number of hydrogen-bond acceptors (Lipinski definition) is 1. The summed E-state index contributed by atoms with van der Waals surface area (Å²) < 4.78 is 0. The van der Waals surface area contributed by atoms with E-state index in [2.05, 4.69) is 6.08 Å². The SMILES string of the molecule is C/C=C/C[C@H](C)CO. The molecule has 1 heteroatoms. The van der Waals surface area contributed by atoms with Crippen molar-refractivity contribution in [1.82, 2.24) is 0 Å². The van der Waals surface area contributed by atoms with Crippen LogP contribution < -0.4 is 0 Å². The monoisotopic (exact) mass is 114 g/mol. The average molecular weight is 114 g/mol. The highest BCUT2D eigenvalue weighted by Crippen LogP contribution is 1.99. The molecule has 0 spiro atoms. The van der Waals surface area contributed by atoms with Gasteiger partial charge in [0.25, 0.3) is 0 Å². The first kappa shape index (κ1) is 7.70. The van der Waals surface area contributed by atoms with Gasteiger partial charge in [0.1, 0.15) is 0 Å². The predicted octanol–water partition coefficient (Wildman–Crippen LogP) is 1.58. The van der Waals surface area contributed by atoms with Gasteiger partial charge in [0.15, 0.2) is 0 Å². The zero-order valence-electron chi connectivity index (χ0n) is 5.59. The second-order valence-corrected chi connectivity index (χ2v) is 2.09. The topological polar surface area (TPSA) is 20.2 Å². The molecule has 0 saturated heterocycles. The van der Waals surface area contributed by atoms with Crippen molar-refractivity contribution in [3.8, 4) is 0 Å². The van der Waals surface area contributed by atoms with E-state index in [1.807, 2.05) is 19.9 Å². The number of aliphatic hydroxyl groups is 1. The Morgan fingerprint density at radius 2 is 2.25 bits per heavy atom. The molecule has 0 aliphatic carbocycles. The lowest BCUT2D eigenvalue weighted by molar-refractivity contribution is 0.239. The Morgan fingerprint density at radius 1 is 1.62 bits per heavy atom. The lowest BCUT2D eigenvalue weighted by atomic mass is 10.1.